The molecule has 0 aliphatic carbocycles. The van der Waals surface area contributed by atoms with Gasteiger partial charge in [0.05, 0.1) is 6.20 Å². The van der Waals surface area contributed by atoms with Crippen molar-refractivity contribution in [3.8, 4) is 0 Å². The van der Waals surface area contributed by atoms with Crippen LogP contribution in [0.4, 0.5) is 10.1 Å². The zero-order chi connectivity index (χ0) is 18.9. The van der Waals surface area contributed by atoms with Crippen molar-refractivity contribution in [1.82, 2.24) is 14.9 Å². The fourth-order valence-electron chi connectivity index (χ4n) is 2.29. The summed E-state index contributed by atoms with van der Waals surface area (Å²) in [6.45, 7) is 4.96. The standard InChI is InChI=1S/C19H23FN4O2/c1-14(2)7-11-24(19(26)17-13-21-9-10-22-17)12-8-18(25)23-16-5-3-15(20)4-6-16/h3-6,9-10,13-14H,7-8,11-12H2,1-2H3,(H,23,25). The van der Waals surface area contributed by atoms with Crippen molar-refractivity contribution in [1.29, 1.82) is 0 Å². The van der Waals surface area contributed by atoms with Gasteiger partial charge in [0.2, 0.25) is 5.91 Å². The van der Waals surface area contributed by atoms with E-state index in [0.717, 1.165) is 6.42 Å². The van der Waals surface area contributed by atoms with Crippen LogP contribution in [0, 0.1) is 11.7 Å². The monoisotopic (exact) mass is 358 g/mol. The van der Waals surface area contributed by atoms with Crippen LogP contribution >= 0.6 is 0 Å². The first kappa shape index (κ1) is 19.5. The van der Waals surface area contributed by atoms with Crippen LogP contribution in [0.3, 0.4) is 0 Å². The Labute approximate surface area is 152 Å². The zero-order valence-electron chi connectivity index (χ0n) is 15.0. The van der Waals surface area contributed by atoms with Crippen LogP contribution in [0.1, 0.15) is 37.2 Å². The van der Waals surface area contributed by atoms with E-state index in [9.17, 15) is 14.0 Å². The summed E-state index contributed by atoms with van der Waals surface area (Å²) in [5, 5.41) is 2.70. The van der Waals surface area contributed by atoms with Gasteiger partial charge in [0.15, 0.2) is 0 Å². The lowest BCUT2D eigenvalue weighted by atomic mass is 10.1. The maximum atomic E-state index is 12.9. The zero-order valence-corrected chi connectivity index (χ0v) is 15.0. The largest absolute Gasteiger partial charge is 0.337 e. The molecule has 1 aromatic carbocycles. The van der Waals surface area contributed by atoms with Crippen LogP contribution in [0.25, 0.3) is 0 Å². The second-order valence-electron chi connectivity index (χ2n) is 6.37. The maximum absolute atomic E-state index is 12.9. The molecule has 0 radical (unpaired) electrons. The number of amides is 2. The van der Waals surface area contributed by atoms with Gasteiger partial charge in [0, 0.05) is 37.6 Å². The number of hydrogen-bond donors (Lipinski definition) is 1. The summed E-state index contributed by atoms with van der Waals surface area (Å²) in [5.41, 5.74) is 0.778. The lowest BCUT2D eigenvalue weighted by molar-refractivity contribution is -0.116. The van der Waals surface area contributed by atoms with E-state index in [2.05, 4.69) is 29.1 Å². The molecule has 138 valence electrons. The van der Waals surface area contributed by atoms with Gasteiger partial charge in [0.1, 0.15) is 11.5 Å². The lowest BCUT2D eigenvalue weighted by Crippen LogP contribution is -2.35. The summed E-state index contributed by atoms with van der Waals surface area (Å²) in [4.78, 5) is 34.3. The Hall–Kier alpha value is -2.83. The molecule has 0 bridgehead atoms. The molecule has 2 rings (SSSR count). The number of nitrogens with zero attached hydrogens (tertiary/aromatic N) is 3. The first-order chi connectivity index (χ1) is 12.5. The van der Waals surface area contributed by atoms with Crippen LogP contribution in [0.2, 0.25) is 0 Å². The number of anilines is 1. The van der Waals surface area contributed by atoms with Crippen molar-refractivity contribution >= 4 is 17.5 Å². The molecule has 7 heteroatoms. The summed E-state index contributed by atoms with van der Waals surface area (Å²) < 4.78 is 12.9. The van der Waals surface area contributed by atoms with Crippen molar-refractivity contribution in [2.75, 3.05) is 18.4 Å². The minimum atomic E-state index is -0.363. The average Bonchev–Trinajstić information content (AvgIpc) is 2.63. The van der Waals surface area contributed by atoms with Gasteiger partial charge in [-0.1, -0.05) is 13.8 Å². The molecule has 26 heavy (non-hydrogen) atoms. The number of benzene rings is 1. The molecular weight excluding hydrogens is 335 g/mol. The Morgan fingerprint density at radius 3 is 2.50 bits per heavy atom. The molecule has 0 saturated carbocycles. The number of nitrogens with one attached hydrogen (secondary N) is 1. The molecule has 6 nitrogen and oxygen atoms in total. The van der Waals surface area contributed by atoms with Crippen molar-refractivity contribution in [3.63, 3.8) is 0 Å². The minimum absolute atomic E-state index is 0.140. The van der Waals surface area contributed by atoms with Crippen molar-refractivity contribution in [3.05, 3.63) is 54.4 Å². The Bertz CT molecular complexity index is 720. The van der Waals surface area contributed by atoms with E-state index in [0.29, 0.717) is 18.2 Å². The topological polar surface area (TPSA) is 75.2 Å². The highest BCUT2D eigenvalue weighted by Crippen LogP contribution is 2.10. The summed E-state index contributed by atoms with van der Waals surface area (Å²) >= 11 is 0. The van der Waals surface area contributed by atoms with E-state index in [1.807, 2.05) is 0 Å². The van der Waals surface area contributed by atoms with Gasteiger partial charge >= 0.3 is 0 Å². The van der Waals surface area contributed by atoms with Gasteiger partial charge in [-0.3, -0.25) is 14.6 Å². The average molecular weight is 358 g/mol. The normalized spacial score (nSPS) is 10.6. The fraction of sp³-hybridized carbons (Fsp3) is 0.368. The predicted octanol–water partition coefficient (Wildman–Crippen LogP) is 3.13. The molecule has 0 saturated heterocycles. The van der Waals surface area contributed by atoms with Crippen LogP contribution in [-0.4, -0.2) is 39.8 Å². The third kappa shape index (κ3) is 6.23. The number of aromatic nitrogens is 2. The van der Waals surface area contributed by atoms with Crippen LogP contribution in [-0.2, 0) is 4.79 Å². The molecule has 1 aromatic heterocycles. The van der Waals surface area contributed by atoms with Gasteiger partial charge in [-0.15, -0.1) is 0 Å². The number of halogens is 1. The minimum Gasteiger partial charge on any atom is -0.337 e. The van der Waals surface area contributed by atoms with Gasteiger partial charge in [-0.2, -0.15) is 0 Å². The number of rotatable bonds is 8. The van der Waals surface area contributed by atoms with E-state index in [1.54, 1.807) is 4.90 Å². The summed E-state index contributed by atoms with van der Waals surface area (Å²) in [5.74, 6) is -0.413. The second-order valence-corrected chi connectivity index (χ2v) is 6.37. The van der Waals surface area contributed by atoms with Crippen LogP contribution in [0.5, 0.6) is 0 Å². The van der Waals surface area contributed by atoms with E-state index in [4.69, 9.17) is 0 Å². The van der Waals surface area contributed by atoms with E-state index in [-0.39, 0.29) is 36.3 Å². The molecule has 2 amide bonds. The first-order valence-electron chi connectivity index (χ1n) is 8.56. The van der Waals surface area contributed by atoms with E-state index >= 15 is 0 Å². The van der Waals surface area contributed by atoms with E-state index in [1.165, 1.54) is 42.9 Å². The lowest BCUT2D eigenvalue weighted by Gasteiger charge is -2.23. The molecule has 0 spiro atoms. The molecule has 0 unspecified atom stereocenters. The maximum Gasteiger partial charge on any atom is 0.274 e. The van der Waals surface area contributed by atoms with Gasteiger partial charge in [0.25, 0.3) is 5.91 Å². The van der Waals surface area contributed by atoms with Crippen molar-refractivity contribution in [2.24, 2.45) is 5.92 Å². The molecule has 0 aliphatic heterocycles. The third-order valence-electron chi connectivity index (χ3n) is 3.78. The Kier molecular flexibility index (Phi) is 7.20. The highest BCUT2D eigenvalue weighted by atomic mass is 19.1. The summed E-state index contributed by atoms with van der Waals surface area (Å²) in [7, 11) is 0. The summed E-state index contributed by atoms with van der Waals surface area (Å²) in [6, 6.07) is 5.55. The van der Waals surface area contributed by atoms with Gasteiger partial charge in [-0.25, -0.2) is 9.37 Å². The highest BCUT2D eigenvalue weighted by Gasteiger charge is 2.18. The Morgan fingerprint density at radius 1 is 1.15 bits per heavy atom. The number of carbonyl (C=O) groups is 2. The van der Waals surface area contributed by atoms with Crippen LogP contribution in [0.15, 0.2) is 42.9 Å². The fourth-order valence-corrected chi connectivity index (χ4v) is 2.29. The number of carbonyl (C=O) groups excluding carboxylic acids is 2. The van der Waals surface area contributed by atoms with Crippen LogP contribution < -0.4 is 5.32 Å². The molecule has 0 atom stereocenters. The van der Waals surface area contributed by atoms with E-state index < -0.39 is 0 Å². The predicted molar refractivity (Wildman–Crippen MR) is 97.0 cm³/mol. The highest BCUT2D eigenvalue weighted by molar-refractivity contribution is 5.93. The SMILES string of the molecule is CC(C)CCN(CCC(=O)Nc1ccc(F)cc1)C(=O)c1cnccn1. The number of hydrogen-bond acceptors (Lipinski definition) is 4. The molecule has 0 aliphatic rings. The first-order valence-corrected chi connectivity index (χ1v) is 8.56. The van der Waals surface area contributed by atoms with Crippen molar-refractivity contribution < 1.29 is 14.0 Å². The molecule has 1 heterocycles. The Balaban J connectivity index is 1.96. The smallest absolute Gasteiger partial charge is 0.274 e. The van der Waals surface area contributed by atoms with Gasteiger partial charge in [-0.05, 0) is 36.6 Å². The summed E-state index contributed by atoms with van der Waals surface area (Å²) in [6.07, 6.45) is 5.36. The second kappa shape index (κ2) is 9.60. The third-order valence-corrected chi connectivity index (χ3v) is 3.78. The molecule has 0 fully saturated rings. The molecule has 1 N–H and O–H groups in total. The molecule has 2 aromatic rings. The quantitative estimate of drug-likeness (QED) is 0.787. The molecular formula is C19H23FN4O2. The van der Waals surface area contributed by atoms with Crippen molar-refractivity contribution in [2.45, 2.75) is 26.7 Å². The Morgan fingerprint density at radius 2 is 1.88 bits per heavy atom. The van der Waals surface area contributed by atoms with Gasteiger partial charge < -0.3 is 10.2 Å².